The van der Waals surface area contributed by atoms with E-state index in [1.54, 1.807) is 13.0 Å². The van der Waals surface area contributed by atoms with Crippen LogP contribution >= 0.6 is 0 Å². The third-order valence-corrected chi connectivity index (χ3v) is 8.64. The second-order valence-corrected chi connectivity index (χ2v) is 10.6. The summed E-state index contributed by atoms with van der Waals surface area (Å²) in [5.41, 5.74) is 2.07. The third-order valence-electron chi connectivity index (χ3n) is 8.64. The number of carbonyl (C=O) groups is 1. The molecule has 1 heterocycles. The highest BCUT2D eigenvalue weighted by atomic mass is 16.6. The van der Waals surface area contributed by atoms with E-state index in [1.165, 1.54) is 38.5 Å². The van der Waals surface area contributed by atoms with E-state index >= 15 is 0 Å². The first-order chi connectivity index (χ1) is 14.8. The van der Waals surface area contributed by atoms with Crippen LogP contribution in [0.1, 0.15) is 52.4 Å². The summed E-state index contributed by atoms with van der Waals surface area (Å²) in [6, 6.07) is 5.67. The number of nitrogens with one attached hydrogen (secondary N) is 1. The highest BCUT2D eigenvalue weighted by Crippen LogP contribution is 2.61. The molecule has 1 N–H and O–H groups in total. The van der Waals surface area contributed by atoms with Crippen molar-refractivity contribution in [1.82, 2.24) is 4.90 Å². The maximum Gasteiger partial charge on any atom is 0.292 e. The maximum atomic E-state index is 11.8. The smallest absolute Gasteiger partial charge is 0.292 e. The summed E-state index contributed by atoms with van der Waals surface area (Å²) in [5.74, 6) is 2.67. The van der Waals surface area contributed by atoms with Crippen molar-refractivity contribution in [3.63, 3.8) is 0 Å². The van der Waals surface area contributed by atoms with E-state index < -0.39 is 0 Å². The number of amides is 1. The molecule has 6 rings (SSSR count). The zero-order valence-electron chi connectivity index (χ0n) is 18.7. The lowest BCUT2D eigenvalue weighted by atomic mass is 9.48. The van der Waals surface area contributed by atoms with Crippen molar-refractivity contribution in [3.8, 4) is 0 Å². The lowest BCUT2D eigenvalue weighted by Gasteiger charge is -2.59. The predicted octanol–water partition coefficient (Wildman–Crippen LogP) is 4.28. The number of nitrogens with zero attached hydrogens (tertiary/aromatic N) is 3. The van der Waals surface area contributed by atoms with Crippen molar-refractivity contribution in [1.29, 1.82) is 0 Å². The van der Waals surface area contributed by atoms with Gasteiger partial charge in [-0.15, -0.1) is 0 Å². The predicted molar refractivity (Wildman–Crippen MR) is 121 cm³/mol. The summed E-state index contributed by atoms with van der Waals surface area (Å²) in [6.07, 6.45) is 8.00. The molecule has 1 amide bonds. The van der Waals surface area contributed by atoms with Gasteiger partial charge in [0.25, 0.3) is 5.69 Å². The Kier molecular flexibility index (Phi) is 5.10. The molecule has 0 spiro atoms. The number of piperazine rings is 1. The van der Waals surface area contributed by atoms with Gasteiger partial charge < -0.3 is 15.1 Å². The largest absolute Gasteiger partial charge is 0.376 e. The van der Waals surface area contributed by atoms with Gasteiger partial charge in [0.05, 0.1) is 4.92 Å². The Balaban J connectivity index is 1.36. The molecule has 31 heavy (non-hydrogen) atoms. The minimum Gasteiger partial charge on any atom is -0.376 e. The summed E-state index contributed by atoms with van der Waals surface area (Å²) in [6.45, 7) is 6.74. The van der Waals surface area contributed by atoms with Crippen LogP contribution in [0, 0.1) is 33.3 Å². The monoisotopic (exact) mass is 426 g/mol. The van der Waals surface area contributed by atoms with Gasteiger partial charge in [-0.1, -0.05) is 0 Å². The van der Waals surface area contributed by atoms with Gasteiger partial charge in [0, 0.05) is 50.9 Å². The second-order valence-electron chi connectivity index (χ2n) is 10.6. The van der Waals surface area contributed by atoms with Gasteiger partial charge in [0.1, 0.15) is 5.69 Å². The molecular formula is C24H34N4O3. The Morgan fingerprint density at radius 3 is 2.19 bits per heavy atom. The first-order valence-electron chi connectivity index (χ1n) is 11.9. The van der Waals surface area contributed by atoms with Crippen LogP contribution in [0.3, 0.4) is 0 Å². The van der Waals surface area contributed by atoms with Gasteiger partial charge in [0.15, 0.2) is 0 Å². The molecule has 1 aromatic carbocycles. The Morgan fingerprint density at radius 2 is 1.68 bits per heavy atom. The van der Waals surface area contributed by atoms with Gasteiger partial charge in [-0.3, -0.25) is 14.9 Å². The molecule has 4 bridgehead atoms. The molecule has 1 unspecified atom stereocenters. The number of benzene rings is 1. The molecular weight excluding hydrogens is 392 g/mol. The number of hydrogen-bond donors (Lipinski definition) is 1. The number of carbonyl (C=O) groups excluding carboxylic acids is 1. The first-order valence-corrected chi connectivity index (χ1v) is 11.9. The van der Waals surface area contributed by atoms with Gasteiger partial charge in [-0.25, -0.2) is 0 Å². The summed E-state index contributed by atoms with van der Waals surface area (Å²) in [4.78, 5) is 27.2. The SMILES string of the molecule is CC(=O)N1CCN(c2ccc([N+](=O)[O-])c(NC(C)C34CC5CC(CC(C5)C3)C4)c2)CC1. The minimum absolute atomic E-state index is 0.107. The Bertz CT molecular complexity index is 842. The van der Waals surface area contributed by atoms with E-state index in [1.807, 2.05) is 17.0 Å². The molecule has 1 aromatic rings. The molecule has 168 valence electrons. The topological polar surface area (TPSA) is 78.7 Å². The van der Waals surface area contributed by atoms with Crippen LogP contribution in [0.4, 0.5) is 17.1 Å². The van der Waals surface area contributed by atoms with Crippen LogP contribution < -0.4 is 10.2 Å². The van der Waals surface area contributed by atoms with E-state index in [9.17, 15) is 14.9 Å². The van der Waals surface area contributed by atoms with Crippen molar-refractivity contribution >= 4 is 23.0 Å². The Labute approximate surface area is 184 Å². The molecule has 7 nitrogen and oxygen atoms in total. The second kappa shape index (κ2) is 7.68. The van der Waals surface area contributed by atoms with E-state index in [2.05, 4.69) is 17.1 Å². The van der Waals surface area contributed by atoms with Crippen LogP contribution in [-0.2, 0) is 4.79 Å². The van der Waals surface area contributed by atoms with Crippen LogP contribution in [-0.4, -0.2) is 48.0 Å². The average molecular weight is 427 g/mol. The fourth-order valence-corrected chi connectivity index (χ4v) is 7.37. The van der Waals surface area contributed by atoms with E-state index in [-0.39, 0.29) is 28.0 Å². The zero-order chi connectivity index (χ0) is 21.8. The Morgan fingerprint density at radius 1 is 1.10 bits per heavy atom. The molecule has 1 atom stereocenters. The van der Waals surface area contributed by atoms with E-state index in [0.29, 0.717) is 18.8 Å². The van der Waals surface area contributed by atoms with E-state index in [0.717, 1.165) is 36.5 Å². The highest BCUT2D eigenvalue weighted by molar-refractivity contribution is 5.74. The summed E-state index contributed by atoms with van der Waals surface area (Å²) < 4.78 is 0. The van der Waals surface area contributed by atoms with Crippen molar-refractivity contribution in [3.05, 3.63) is 28.3 Å². The molecule has 1 saturated heterocycles. The van der Waals surface area contributed by atoms with Crippen molar-refractivity contribution in [2.24, 2.45) is 23.2 Å². The number of rotatable bonds is 5. The number of nitro groups is 1. The molecule has 4 saturated carbocycles. The normalized spacial score (nSPS) is 32.8. The fraction of sp³-hybridized carbons (Fsp3) is 0.708. The molecule has 0 radical (unpaired) electrons. The highest BCUT2D eigenvalue weighted by Gasteiger charge is 2.53. The minimum atomic E-state index is -0.272. The van der Waals surface area contributed by atoms with E-state index in [4.69, 9.17) is 0 Å². The van der Waals surface area contributed by atoms with Crippen LogP contribution in [0.15, 0.2) is 18.2 Å². The molecule has 5 fully saturated rings. The summed E-state index contributed by atoms with van der Waals surface area (Å²) >= 11 is 0. The van der Waals surface area contributed by atoms with Crippen LogP contribution in [0.25, 0.3) is 0 Å². The maximum absolute atomic E-state index is 11.8. The van der Waals surface area contributed by atoms with Gasteiger partial charge >= 0.3 is 0 Å². The Hall–Kier alpha value is -2.31. The van der Waals surface area contributed by atoms with Gasteiger partial charge in [-0.2, -0.15) is 0 Å². The van der Waals surface area contributed by atoms with Crippen LogP contribution in [0.5, 0.6) is 0 Å². The molecule has 7 heteroatoms. The third kappa shape index (κ3) is 3.76. The standard InChI is InChI=1S/C24H34N4O3/c1-16(24-13-18-9-19(14-24)11-20(10-18)15-24)25-22-12-21(3-4-23(22)28(30)31)27-7-5-26(6-8-27)17(2)29/h3-4,12,16,18-20,25H,5-11,13-15H2,1-2H3. The van der Waals surface area contributed by atoms with Crippen molar-refractivity contribution in [2.75, 3.05) is 36.4 Å². The fourth-order valence-electron chi connectivity index (χ4n) is 7.37. The zero-order valence-corrected chi connectivity index (χ0v) is 18.7. The molecule has 4 aliphatic carbocycles. The summed E-state index contributed by atoms with van der Waals surface area (Å²) in [5, 5.41) is 15.4. The number of anilines is 2. The first kappa shape index (κ1) is 20.6. The van der Waals surface area contributed by atoms with Gasteiger partial charge in [0.2, 0.25) is 5.91 Å². The van der Waals surface area contributed by atoms with Crippen molar-refractivity contribution in [2.45, 2.75) is 58.4 Å². The lowest BCUT2D eigenvalue weighted by Crippen LogP contribution is -2.53. The molecule has 5 aliphatic rings. The quantitative estimate of drug-likeness (QED) is 0.562. The van der Waals surface area contributed by atoms with Crippen LogP contribution in [0.2, 0.25) is 0 Å². The average Bonchev–Trinajstić information content (AvgIpc) is 2.72. The van der Waals surface area contributed by atoms with Gasteiger partial charge in [-0.05, 0) is 80.8 Å². The molecule has 1 aliphatic heterocycles. The number of nitro benzene ring substituents is 1. The van der Waals surface area contributed by atoms with Crippen molar-refractivity contribution < 1.29 is 9.72 Å². The summed E-state index contributed by atoms with van der Waals surface area (Å²) in [7, 11) is 0. The molecule has 0 aromatic heterocycles. The number of hydrogen-bond acceptors (Lipinski definition) is 5. The lowest BCUT2D eigenvalue weighted by molar-refractivity contribution is -0.384.